The molecule has 0 spiro atoms. The molecule has 0 atom stereocenters. The maximum Gasteiger partial charge on any atom is 2.00 e. The molecule has 1 aliphatic rings. The molecule has 1 saturated carbocycles. The van der Waals surface area contributed by atoms with E-state index in [0.717, 1.165) is 0 Å². The van der Waals surface area contributed by atoms with Crippen LogP contribution in [0.25, 0.3) is 0 Å². The van der Waals surface area contributed by atoms with Crippen LogP contribution in [-0.4, -0.2) is 46.1 Å². The van der Waals surface area contributed by atoms with Crippen molar-refractivity contribution in [2.75, 3.05) is 0 Å². The van der Waals surface area contributed by atoms with Gasteiger partial charge in [-0.15, -0.1) is 0 Å². The first kappa shape index (κ1) is 15.7. The second-order valence-electron chi connectivity index (χ2n) is 0.866. The Morgan fingerprint density at radius 1 is 1.17 bits per heavy atom. The molecule has 6 heavy (non-hydrogen) atoms. The summed E-state index contributed by atoms with van der Waals surface area (Å²) in [5, 5.41) is 0. The fourth-order valence-corrected chi connectivity index (χ4v) is 0. The van der Waals surface area contributed by atoms with Crippen LogP contribution < -0.4 is 17.0 Å². The van der Waals surface area contributed by atoms with Gasteiger partial charge in [-0.25, -0.2) is 12.8 Å². The van der Waals surface area contributed by atoms with Gasteiger partial charge in [0.15, 0.2) is 0 Å². The van der Waals surface area contributed by atoms with Gasteiger partial charge in [0.1, 0.15) is 0 Å². The molecule has 1 aliphatic carbocycles. The van der Waals surface area contributed by atoms with E-state index in [1.165, 1.54) is 12.8 Å². The molecule has 0 aromatic heterocycles. The molecule has 0 aliphatic heterocycles. The Bertz CT molecular complexity index is 13.5. The van der Waals surface area contributed by atoms with E-state index in [9.17, 15) is 0 Å². The van der Waals surface area contributed by atoms with Gasteiger partial charge in [-0.2, -0.15) is 0 Å². The molecule has 0 saturated heterocycles. The van der Waals surface area contributed by atoms with E-state index in [0.29, 0.717) is 0 Å². The Kier molecular flexibility index (Phi) is 26.4. The van der Waals surface area contributed by atoms with E-state index < -0.39 is 0 Å². The first-order valence-corrected chi connectivity index (χ1v) is 1.32. The summed E-state index contributed by atoms with van der Waals surface area (Å²) in [6, 6.07) is 0. The van der Waals surface area contributed by atoms with Gasteiger partial charge in [-0.1, -0.05) is 0 Å². The molecule has 0 aromatic rings. The summed E-state index contributed by atoms with van der Waals surface area (Å²) < 4.78 is 0. The van der Waals surface area contributed by atoms with Crippen molar-refractivity contribution in [1.82, 2.24) is 0 Å². The molecule has 0 heterocycles. The van der Waals surface area contributed by atoms with Gasteiger partial charge in [0.2, 0.25) is 0 Å². The minimum absolute atomic E-state index is 0. The Morgan fingerprint density at radius 3 is 1.33 bits per heavy atom. The topological polar surface area (TPSA) is 0 Å². The average molecular weight is 170 g/mol. The van der Waals surface area contributed by atoms with Crippen molar-refractivity contribution in [1.29, 1.82) is 0 Å². The van der Waals surface area contributed by atoms with Crippen LogP contribution >= 0.6 is 0 Å². The molecule has 0 bridgehead atoms. The molecule has 28 valence electrons. The molecule has 0 nitrogen and oxygen atoms in total. The summed E-state index contributed by atoms with van der Waals surface area (Å²) >= 11 is 0. The standard InChI is InChI=1S/C3H5.BrH.2Mg/c1-2-3-1;;;/h1H,2-3H2;1H;;/q-1;;;+2/p-1. The fraction of sp³-hybridized carbons (Fsp3) is 0.667. The zero-order valence-corrected chi connectivity index (χ0v) is 8.20. The van der Waals surface area contributed by atoms with Gasteiger partial charge in [-0.05, 0) is 0 Å². The smallest absolute Gasteiger partial charge is 1.00 e. The SMILES string of the molecule is [Br-].[CH-]1CC1.[Mg+2].[Mg]. The van der Waals surface area contributed by atoms with Crippen LogP contribution in [0.4, 0.5) is 0 Å². The van der Waals surface area contributed by atoms with Crippen LogP contribution in [-0.2, 0) is 0 Å². The molecule has 2 radical (unpaired) electrons. The molecule has 3 heteroatoms. The maximum atomic E-state index is 2.25. The van der Waals surface area contributed by atoms with E-state index in [1.54, 1.807) is 0 Å². The van der Waals surface area contributed by atoms with Crippen LogP contribution in [0.1, 0.15) is 12.8 Å². The number of hydrogen-bond donors (Lipinski definition) is 0. The summed E-state index contributed by atoms with van der Waals surface area (Å²) in [6.07, 6.45) is 5.00. The normalized spacial score (nSPS) is 12.0. The molecule has 0 N–H and O–H groups in total. The number of halogens is 1. The maximum absolute atomic E-state index is 2.25. The molecule has 0 aromatic carbocycles. The number of rotatable bonds is 0. The summed E-state index contributed by atoms with van der Waals surface area (Å²) in [6.45, 7) is 0. The number of hydrogen-bond acceptors (Lipinski definition) is 0. The first-order chi connectivity index (χ1) is 1.50. The van der Waals surface area contributed by atoms with E-state index in [2.05, 4.69) is 6.42 Å². The van der Waals surface area contributed by atoms with Gasteiger partial charge < -0.3 is 23.4 Å². The molecular formula is C3H5BrMg2. The molecule has 0 unspecified atom stereocenters. The van der Waals surface area contributed by atoms with Gasteiger partial charge in [-0.3, -0.25) is 0 Å². The van der Waals surface area contributed by atoms with Crippen molar-refractivity contribution in [2.45, 2.75) is 12.8 Å². The van der Waals surface area contributed by atoms with E-state index in [-0.39, 0.29) is 63.1 Å². The Balaban J connectivity index is -0.0000000300. The zero-order chi connectivity index (χ0) is 2.12. The Morgan fingerprint density at radius 2 is 1.33 bits per heavy atom. The fourth-order valence-electron chi connectivity index (χ4n) is 0. The molecular weight excluding hydrogens is 165 g/mol. The van der Waals surface area contributed by atoms with Gasteiger partial charge in [0, 0.05) is 23.1 Å². The van der Waals surface area contributed by atoms with Crippen molar-refractivity contribution in [3.8, 4) is 0 Å². The van der Waals surface area contributed by atoms with Crippen molar-refractivity contribution in [2.24, 2.45) is 0 Å². The molecule has 1 fully saturated rings. The minimum atomic E-state index is 0. The van der Waals surface area contributed by atoms with Crippen LogP contribution in [0.15, 0.2) is 0 Å². The second kappa shape index (κ2) is 10.1. The average Bonchev–Trinajstić information content (AvgIpc) is 1.46. The van der Waals surface area contributed by atoms with Crippen LogP contribution in [0, 0.1) is 6.42 Å². The van der Waals surface area contributed by atoms with Gasteiger partial charge in [0.25, 0.3) is 0 Å². The van der Waals surface area contributed by atoms with Crippen molar-refractivity contribution >= 4 is 46.1 Å². The van der Waals surface area contributed by atoms with Crippen molar-refractivity contribution in [3.63, 3.8) is 0 Å². The van der Waals surface area contributed by atoms with E-state index >= 15 is 0 Å². The van der Waals surface area contributed by atoms with Gasteiger partial charge >= 0.3 is 23.1 Å². The third-order valence-electron chi connectivity index (χ3n) is 0.289. The minimum Gasteiger partial charge on any atom is -1.00 e. The largest absolute Gasteiger partial charge is 2.00 e. The quantitative estimate of drug-likeness (QED) is 0.272. The van der Waals surface area contributed by atoms with Crippen molar-refractivity contribution in [3.05, 3.63) is 6.42 Å². The summed E-state index contributed by atoms with van der Waals surface area (Å²) in [7, 11) is 0. The van der Waals surface area contributed by atoms with Gasteiger partial charge in [0.05, 0.1) is 0 Å². The van der Waals surface area contributed by atoms with Crippen LogP contribution in [0.2, 0.25) is 0 Å². The Hall–Kier alpha value is 2.01. The van der Waals surface area contributed by atoms with E-state index in [4.69, 9.17) is 0 Å². The summed E-state index contributed by atoms with van der Waals surface area (Å²) in [5.74, 6) is 0. The second-order valence-corrected chi connectivity index (χ2v) is 0.866. The first-order valence-electron chi connectivity index (χ1n) is 1.32. The predicted molar refractivity (Wildman–Crippen MR) is 25.0 cm³/mol. The Labute approximate surface area is 81.5 Å². The summed E-state index contributed by atoms with van der Waals surface area (Å²) in [5.41, 5.74) is 0. The van der Waals surface area contributed by atoms with Crippen LogP contribution in [0.5, 0.6) is 0 Å². The monoisotopic (exact) mass is 168 g/mol. The zero-order valence-electron chi connectivity index (χ0n) is 3.78. The van der Waals surface area contributed by atoms with Crippen molar-refractivity contribution < 1.29 is 17.0 Å². The molecule has 0 amide bonds. The molecule has 1 rings (SSSR count). The predicted octanol–water partition coefficient (Wildman–Crippen LogP) is -2.77. The summed E-state index contributed by atoms with van der Waals surface area (Å²) in [4.78, 5) is 0. The van der Waals surface area contributed by atoms with E-state index in [1.807, 2.05) is 0 Å². The third kappa shape index (κ3) is 16.6. The van der Waals surface area contributed by atoms with Crippen LogP contribution in [0.3, 0.4) is 0 Å². The third-order valence-corrected chi connectivity index (χ3v) is 0.289.